The minimum absolute atomic E-state index is 0.174. The third-order valence-electron chi connectivity index (χ3n) is 2.37. The quantitative estimate of drug-likeness (QED) is 0.857. The molecule has 1 amide bonds. The van der Waals surface area contributed by atoms with Crippen LogP contribution in [-0.2, 0) is 11.4 Å². The van der Waals surface area contributed by atoms with Crippen molar-refractivity contribution in [2.24, 2.45) is 5.73 Å². The maximum absolute atomic E-state index is 10.6. The Morgan fingerprint density at radius 1 is 1.25 bits per heavy atom. The summed E-state index contributed by atoms with van der Waals surface area (Å²) in [5.41, 5.74) is 4.99. The van der Waals surface area contributed by atoms with Crippen LogP contribution in [0.3, 0.4) is 0 Å². The standard InChI is InChI=1S/C14H11Cl2NO3/c15-11-2-1-3-12(16)14(11)19-8-10-5-4-9(20-10)6-7-13(17)18/h1-7H,8H2,(H2,17,18)/b7-6-. The molecule has 0 spiro atoms. The number of rotatable bonds is 5. The number of carbonyl (C=O) groups is 1. The van der Waals surface area contributed by atoms with Gasteiger partial charge in [-0.1, -0.05) is 29.3 Å². The number of halogens is 2. The molecule has 0 radical (unpaired) electrons. The summed E-state index contributed by atoms with van der Waals surface area (Å²) in [6, 6.07) is 8.53. The maximum Gasteiger partial charge on any atom is 0.241 e. The number of nitrogens with two attached hydrogens (primary N) is 1. The number of hydrogen-bond donors (Lipinski definition) is 1. The van der Waals surface area contributed by atoms with Crippen molar-refractivity contribution < 1.29 is 13.9 Å². The second-order valence-corrected chi connectivity index (χ2v) is 4.69. The highest BCUT2D eigenvalue weighted by atomic mass is 35.5. The van der Waals surface area contributed by atoms with Crippen molar-refractivity contribution in [3.8, 4) is 5.75 Å². The fourth-order valence-corrected chi connectivity index (χ4v) is 2.00. The van der Waals surface area contributed by atoms with Gasteiger partial charge < -0.3 is 14.9 Å². The van der Waals surface area contributed by atoms with E-state index in [0.717, 1.165) is 0 Å². The van der Waals surface area contributed by atoms with Crippen LogP contribution in [0.25, 0.3) is 6.08 Å². The van der Waals surface area contributed by atoms with Gasteiger partial charge in [-0.25, -0.2) is 0 Å². The van der Waals surface area contributed by atoms with E-state index >= 15 is 0 Å². The molecular weight excluding hydrogens is 301 g/mol. The van der Waals surface area contributed by atoms with Crippen molar-refractivity contribution in [1.82, 2.24) is 0 Å². The lowest BCUT2D eigenvalue weighted by Gasteiger charge is -2.07. The van der Waals surface area contributed by atoms with Crippen LogP contribution in [0.1, 0.15) is 11.5 Å². The predicted octanol–water partition coefficient (Wildman–Crippen LogP) is 3.66. The second-order valence-electron chi connectivity index (χ2n) is 3.88. The van der Waals surface area contributed by atoms with Gasteiger partial charge in [0.05, 0.1) is 10.0 Å². The molecule has 0 aliphatic heterocycles. The van der Waals surface area contributed by atoms with Crippen LogP contribution in [0, 0.1) is 0 Å². The Hall–Kier alpha value is -1.91. The number of para-hydroxylation sites is 1. The van der Waals surface area contributed by atoms with Crippen molar-refractivity contribution in [3.63, 3.8) is 0 Å². The lowest BCUT2D eigenvalue weighted by molar-refractivity contribution is -0.113. The van der Waals surface area contributed by atoms with Gasteiger partial charge >= 0.3 is 0 Å². The first-order valence-corrected chi connectivity index (χ1v) is 6.45. The van der Waals surface area contributed by atoms with Crippen LogP contribution in [-0.4, -0.2) is 5.91 Å². The van der Waals surface area contributed by atoms with E-state index in [9.17, 15) is 4.79 Å². The molecule has 0 atom stereocenters. The van der Waals surface area contributed by atoms with E-state index < -0.39 is 5.91 Å². The molecule has 1 aromatic carbocycles. The molecular formula is C14H11Cl2NO3. The zero-order valence-electron chi connectivity index (χ0n) is 10.3. The maximum atomic E-state index is 10.6. The largest absolute Gasteiger partial charge is 0.483 e. The molecule has 0 fully saturated rings. The average Bonchev–Trinajstić information content (AvgIpc) is 2.84. The molecule has 0 unspecified atom stereocenters. The van der Waals surface area contributed by atoms with Crippen molar-refractivity contribution in [3.05, 3.63) is 58.0 Å². The van der Waals surface area contributed by atoms with Crippen LogP contribution >= 0.6 is 23.2 Å². The van der Waals surface area contributed by atoms with Gasteiger partial charge in [0.15, 0.2) is 5.75 Å². The first kappa shape index (κ1) is 14.5. The molecule has 1 heterocycles. The molecule has 0 saturated heterocycles. The van der Waals surface area contributed by atoms with Crippen molar-refractivity contribution in [1.29, 1.82) is 0 Å². The zero-order chi connectivity index (χ0) is 14.5. The van der Waals surface area contributed by atoms with Crippen LogP contribution < -0.4 is 10.5 Å². The number of furan rings is 1. The number of carbonyl (C=O) groups excluding carboxylic acids is 1. The summed E-state index contributed by atoms with van der Waals surface area (Å²) in [7, 11) is 0. The van der Waals surface area contributed by atoms with Gasteiger partial charge in [-0.05, 0) is 30.3 Å². The summed E-state index contributed by atoms with van der Waals surface area (Å²) >= 11 is 12.0. The lowest BCUT2D eigenvalue weighted by Crippen LogP contribution is -2.04. The molecule has 4 nitrogen and oxygen atoms in total. The predicted molar refractivity (Wildman–Crippen MR) is 77.7 cm³/mol. The van der Waals surface area contributed by atoms with Gasteiger partial charge in [-0.15, -0.1) is 0 Å². The van der Waals surface area contributed by atoms with Crippen molar-refractivity contribution in [2.45, 2.75) is 6.61 Å². The van der Waals surface area contributed by atoms with Crippen LogP contribution in [0.5, 0.6) is 5.75 Å². The van der Waals surface area contributed by atoms with E-state index in [1.807, 2.05) is 0 Å². The molecule has 0 saturated carbocycles. The minimum atomic E-state index is -0.540. The Kier molecular flexibility index (Phi) is 4.71. The number of ether oxygens (including phenoxy) is 1. The molecule has 2 rings (SSSR count). The van der Waals surface area contributed by atoms with Crippen LogP contribution in [0.4, 0.5) is 0 Å². The summed E-state index contributed by atoms with van der Waals surface area (Å²) in [5, 5.41) is 0.857. The minimum Gasteiger partial charge on any atom is -0.483 e. The third kappa shape index (κ3) is 3.79. The molecule has 0 aliphatic carbocycles. The smallest absolute Gasteiger partial charge is 0.241 e. The average molecular weight is 312 g/mol. The number of benzene rings is 1. The summed E-state index contributed by atoms with van der Waals surface area (Å²) < 4.78 is 10.9. The normalized spacial score (nSPS) is 10.9. The topological polar surface area (TPSA) is 65.5 Å². The zero-order valence-corrected chi connectivity index (χ0v) is 11.8. The summed E-state index contributed by atoms with van der Waals surface area (Å²) in [5.74, 6) is 0.946. The summed E-state index contributed by atoms with van der Waals surface area (Å²) in [6.07, 6.45) is 2.70. The van der Waals surface area contributed by atoms with Gasteiger partial charge in [0.1, 0.15) is 18.1 Å². The number of hydrogen-bond acceptors (Lipinski definition) is 3. The second kappa shape index (κ2) is 6.50. The first-order chi connectivity index (χ1) is 9.56. The Morgan fingerprint density at radius 3 is 2.60 bits per heavy atom. The van der Waals surface area contributed by atoms with E-state index in [1.165, 1.54) is 12.2 Å². The monoisotopic (exact) mass is 311 g/mol. The Morgan fingerprint density at radius 2 is 1.95 bits per heavy atom. The highest BCUT2D eigenvalue weighted by molar-refractivity contribution is 6.37. The van der Waals surface area contributed by atoms with Crippen LogP contribution in [0.2, 0.25) is 10.0 Å². The molecule has 20 heavy (non-hydrogen) atoms. The van der Waals surface area contributed by atoms with E-state index in [1.54, 1.807) is 30.3 Å². The molecule has 2 aromatic rings. The van der Waals surface area contributed by atoms with Gasteiger partial charge in [0.2, 0.25) is 5.91 Å². The highest BCUT2D eigenvalue weighted by Gasteiger charge is 2.08. The van der Waals surface area contributed by atoms with E-state index in [2.05, 4.69) is 0 Å². The van der Waals surface area contributed by atoms with Gasteiger partial charge in [0, 0.05) is 6.08 Å². The molecule has 2 N–H and O–H groups in total. The van der Waals surface area contributed by atoms with Crippen molar-refractivity contribution in [2.75, 3.05) is 0 Å². The number of amides is 1. The molecule has 1 aromatic heterocycles. The molecule has 0 bridgehead atoms. The van der Waals surface area contributed by atoms with E-state index in [0.29, 0.717) is 27.3 Å². The summed E-state index contributed by atoms with van der Waals surface area (Å²) in [6.45, 7) is 0.174. The third-order valence-corrected chi connectivity index (χ3v) is 2.97. The number of primary amides is 1. The van der Waals surface area contributed by atoms with Gasteiger partial charge in [0.25, 0.3) is 0 Å². The van der Waals surface area contributed by atoms with Crippen molar-refractivity contribution >= 4 is 35.2 Å². The Labute approximate surface area is 125 Å². The van der Waals surface area contributed by atoms with Gasteiger partial charge in [-0.2, -0.15) is 0 Å². The van der Waals surface area contributed by atoms with E-state index in [4.69, 9.17) is 38.1 Å². The Bertz CT molecular complexity index is 629. The lowest BCUT2D eigenvalue weighted by atomic mass is 10.3. The fourth-order valence-electron chi connectivity index (χ4n) is 1.49. The fraction of sp³-hybridized carbons (Fsp3) is 0.0714. The van der Waals surface area contributed by atoms with Crippen LogP contribution in [0.15, 0.2) is 40.8 Å². The molecule has 0 aliphatic rings. The van der Waals surface area contributed by atoms with E-state index in [-0.39, 0.29) is 6.61 Å². The summed E-state index contributed by atoms with van der Waals surface area (Å²) in [4.78, 5) is 10.6. The van der Waals surface area contributed by atoms with Gasteiger partial charge in [-0.3, -0.25) is 4.79 Å². The molecule has 6 heteroatoms. The molecule has 104 valence electrons. The Balaban J connectivity index is 2.03. The first-order valence-electron chi connectivity index (χ1n) is 5.69. The highest BCUT2D eigenvalue weighted by Crippen LogP contribution is 2.33. The SMILES string of the molecule is NC(=O)/C=C\c1ccc(COc2c(Cl)cccc2Cl)o1.